The fourth-order valence-electron chi connectivity index (χ4n) is 3.82. The zero-order valence-corrected chi connectivity index (χ0v) is 17.5. The highest BCUT2D eigenvalue weighted by Gasteiger charge is 2.43. The minimum atomic E-state index is -0.870. The van der Waals surface area contributed by atoms with Gasteiger partial charge in [0.15, 0.2) is 0 Å². The van der Waals surface area contributed by atoms with Crippen molar-refractivity contribution in [3.05, 3.63) is 0 Å². The Hall–Kier alpha value is 0.704. The molecular weight excluding hydrogens is 300 g/mol. The first-order valence-corrected chi connectivity index (χ1v) is 12.8. The predicted molar refractivity (Wildman–Crippen MR) is 95.9 cm³/mol. The molecule has 5 heteroatoms. The molecule has 0 N–H and O–H groups in total. The maximum absolute atomic E-state index is 6.32. The van der Waals surface area contributed by atoms with Crippen molar-refractivity contribution in [2.75, 3.05) is 13.2 Å². The fourth-order valence-corrected chi connectivity index (χ4v) is 8.06. The Morgan fingerprint density at radius 2 is 1.75 bits per heavy atom. The van der Waals surface area contributed by atoms with Crippen molar-refractivity contribution in [2.45, 2.75) is 80.2 Å². The van der Waals surface area contributed by atoms with Gasteiger partial charge in [0.05, 0.1) is 14.0 Å². The molecule has 0 aromatic carbocycles. The molecule has 2 saturated heterocycles. The second-order valence-electron chi connectivity index (χ2n) is 7.23. The molecule has 0 bridgehead atoms. The molecular formula is C15H32O2SSi2. The Morgan fingerprint density at radius 3 is 2.25 bits per heavy atom. The van der Waals surface area contributed by atoms with Gasteiger partial charge in [0.1, 0.15) is 0 Å². The number of thiol groups is 1. The lowest BCUT2D eigenvalue weighted by Gasteiger charge is -2.45. The first kappa shape index (κ1) is 17.1. The van der Waals surface area contributed by atoms with Crippen LogP contribution < -0.4 is 0 Å². The van der Waals surface area contributed by atoms with E-state index in [2.05, 4.69) is 13.1 Å². The molecule has 2 heterocycles. The molecule has 2 aliphatic heterocycles. The third-order valence-corrected chi connectivity index (χ3v) is 10.4. The zero-order chi connectivity index (χ0) is 14.6. The van der Waals surface area contributed by atoms with Crippen LogP contribution in [0.5, 0.6) is 0 Å². The van der Waals surface area contributed by atoms with Gasteiger partial charge in [0, 0.05) is 33.9 Å². The summed E-state index contributed by atoms with van der Waals surface area (Å²) in [6, 6.07) is 0. The van der Waals surface area contributed by atoms with E-state index < -0.39 is 8.80 Å². The first-order chi connectivity index (χ1) is 9.49. The molecule has 0 radical (unpaired) electrons. The van der Waals surface area contributed by atoms with Crippen molar-refractivity contribution in [1.29, 1.82) is 0 Å². The van der Waals surface area contributed by atoms with E-state index in [4.69, 9.17) is 22.1 Å². The summed E-state index contributed by atoms with van der Waals surface area (Å²) < 4.78 is 12.4. The topological polar surface area (TPSA) is 18.5 Å². The number of hydrogen-bond donors (Lipinski definition) is 1. The zero-order valence-electron chi connectivity index (χ0n) is 13.5. The summed E-state index contributed by atoms with van der Waals surface area (Å²) in [5.41, 5.74) is 0. The summed E-state index contributed by atoms with van der Waals surface area (Å²) in [5.74, 6) is 0. The molecule has 2 fully saturated rings. The lowest BCUT2D eigenvalue weighted by Crippen LogP contribution is -2.54. The fraction of sp³-hybridized carbons (Fsp3) is 1.00. The van der Waals surface area contributed by atoms with Gasteiger partial charge in [-0.15, -0.1) is 0 Å². The van der Waals surface area contributed by atoms with Crippen LogP contribution in [0.2, 0.25) is 13.1 Å². The second kappa shape index (κ2) is 7.31. The molecule has 2 aliphatic rings. The average molecular weight is 333 g/mol. The van der Waals surface area contributed by atoms with E-state index in [9.17, 15) is 0 Å². The van der Waals surface area contributed by atoms with Crippen LogP contribution in [-0.4, -0.2) is 48.0 Å². The molecule has 0 saturated carbocycles. The molecule has 2 nitrogen and oxygen atoms in total. The van der Waals surface area contributed by atoms with Gasteiger partial charge in [-0.25, -0.2) is 0 Å². The molecule has 0 amide bonds. The monoisotopic (exact) mass is 332 g/mol. The minimum absolute atomic E-state index is 0.133. The van der Waals surface area contributed by atoms with Crippen LogP contribution in [0.3, 0.4) is 0 Å². The minimum Gasteiger partial charge on any atom is -0.380 e. The summed E-state index contributed by atoms with van der Waals surface area (Å²) in [6.45, 7) is 6.79. The maximum Gasteiger partial charge on any atom is 0.0709 e. The van der Waals surface area contributed by atoms with Gasteiger partial charge in [-0.2, -0.15) is 12.6 Å². The molecule has 0 aromatic rings. The van der Waals surface area contributed by atoms with Crippen molar-refractivity contribution in [2.24, 2.45) is 0 Å². The first-order valence-electron chi connectivity index (χ1n) is 8.44. The normalized spacial score (nSPS) is 37.2. The number of rotatable bonds is 5. The van der Waals surface area contributed by atoms with Crippen molar-refractivity contribution < 1.29 is 9.47 Å². The van der Waals surface area contributed by atoms with Crippen molar-refractivity contribution >= 4 is 31.7 Å². The van der Waals surface area contributed by atoms with E-state index in [0.29, 0.717) is 5.25 Å². The molecule has 118 valence electrons. The summed E-state index contributed by atoms with van der Waals surface area (Å²) in [7, 11) is 0.281. The Balaban J connectivity index is 1.93. The molecule has 0 spiro atoms. The Labute approximate surface area is 134 Å². The maximum atomic E-state index is 6.32. The highest BCUT2D eigenvalue weighted by molar-refractivity contribution is 7.81. The van der Waals surface area contributed by atoms with Gasteiger partial charge in [0.25, 0.3) is 0 Å². The van der Waals surface area contributed by atoms with Gasteiger partial charge in [0.2, 0.25) is 0 Å². The molecule has 0 aliphatic carbocycles. The van der Waals surface area contributed by atoms with Crippen molar-refractivity contribution in [3.63, 3.8) is 0 Å². The number of hydrogen-bond acceptors (Lipinski definition) is 3. The van der Waals surface area contributed by atoms with Gasteiger partial charge in [-0.3, -0.25) is 0 Å². The lowest BCUT2D eigenvalue weighted by atomic mass is 9.97. The largest absolute Gasteiger partial charge is 0.380 e. The van der Waals surface area contributed by atoms with E-state index in [0.717, 1.165) is 29.9 Å². The highest BCUT2D eigenvalue weighted by atomic mass is 32.1. The Bertz CT molecular complexity index is 300. The van der Waals surface area contributed by atoms with Crippen LogP contribution in [0.4, 0.5) is 0 Å². The van der Waals surface area contributed by atoms with E-state index in [1.165, 1.54) is 44.9 Å². The smallest absolute Gasteiger partial charge is 0.0709 e. The summed E-state index contributed by atoms with van der Waals surface area (Å²) in [5, 5.41) is 0.771. The molecule has 3 unspecified atom stereocenters. The summed E-state index contributed by atoms with van der Waals surface area (Å²) in [4.78, 5) is 0. The van der Waals surface area contributed by atoms with Gasteiger partial charge in [-0.05, 0) is 51.4 Å². The Kier molecular flexibility index (Phi) is 6.24. The van der Waals surface area contributed by atoms with Gasteiger partial charge < -0.3 is 9.47 Å². The van der Waals surface area contributed by atoms with E-state index in [1.807, 2.05) is 0 Å². The quantitative estimate of drug-likeness (QED) is 0.615. The molecule has 20 heavy (non-hydrogen) atoms. The second-order valence-corrected chi connectivity index (χ2v) is 13.0. The van der Waals surface area contributed by atoms with Crippen molar-refractivity contribution in [3.8, 4) is 0 Å². The Morgan fingerprint density at radius 1 is 1.10 bits per heavy atom. The van der Waals surface area contributed by atoms with Crippen molar-refractivity contribution in [1.82, 2.24) is 0 Å². The number of ether oxygens (including phenoxy) is 2. The average Bonchev–Trinajstić information content (AvgIpc) is 2.46. The summed E-state index contributed by atoms with van der Waals surface area (Å²) in [6.07, 6.45) is 10.0. The van der Waals surface area contributed by atoms with Gasteiger partial charge >= 0.3 is 0 Å². The third-order valence-electron chi connectivity index (χ3n) is 5.37. The van der Waals surface area contributed by atoms with Crippen LogP contribution in [-0.2, 0) is 9.47 Å². The van der Waals surface area contributed by atoms with E-state index >= 15 is 0 Å². The standard InChI is InChI=1S/C15H32O2SSi2/c1-20(2)15(9-4-6-12-17-15)13(18)7-10-14(19)8-3-5-11-16-14/h13,18,20H,3-12H2,1-2,19H3. The third kappa shape index (κ3) is 3.91. The molecule has 0 aromatic heterocycles. The van der Waals surface area contributed by atoms with Crippen LogP contribution in [0.25, 0.3) is 0 Å². The van der Waals surface area contributed by atoms with E-state index in [-0.39, 0.29) is 10.4 Å². The predicted octanol–water partition coefficient (Wildman–Crippen LogP) is 2.29. The van der Waals surface area contributed by atoms with Crippen LogP contribution in [0.15, 0.2) is 0 Å². The van der Waals surface area contributed by atoms with Crippen LogP contribution >= 0.6 is 12.6 Å². The van der Waals surface area contributed by atoms with Gasteiger partial charge in [-0.1, -0.05) is 13.1 Å². The van der Waals surface area contributed by atoms with Crippen LogP contribution in [0, 0.1) is 0 Å². The molecule has 3 atom stereocenters. The highest BCUT2D eigenvalue weighted by Crippen LogP contribution is 2.38. The summed E-state index contributed by atoms with van der Waals surface area (Å²) >= 11 is 5.00. The van der Waals surface area contributed by atoms with Crippen LogP contribution in [0.1, 0.15) is 51.4 Å². The lowest BCUT2D eigenvalue weighted by molar-refractivity contribution is -0.0407. The molecule has 2 rings (SSSR count). The van der Waals surface area contributed by atoms with E-state index in [1.54, 1.807) is 0 Å². The SMILES string of the molecule is C[SiH](C)C1(C(S)CCC2([SiH3])CCCCO2)CCCCO1.